The molecule has 1 saturated carbocycles. The second-order valence-electron chi connectivity index (χ2n) is 7.64. The van der Waals surface area contributed by atoms with Crippen molar-refractivity contribution >= 4 is 27.3 Å². The second kappa shape index (κ2) is 4.56. The van der Waals surface area contributed by atoms with Crippen LogP contribution in [0.2, 0.25) is 0 Å². The van der Waals surface area contributed by atoms with Crippen molar-refractivity contribution in [2.75, 3.05) is 19.6 Å². The summed E-state index contributed by atoms with van der Waals surface area (Å²) < 4.78 is 14.7. The van der Waals surface area contributed by atoms with Gasteiger partial charge in [0, 0.05) is 31.5 Å². The Morgan fingerprint density at radius 3 is 2.83 bits per heavy atom. The third-order valence-corrected chi connectivity index (χ3v) is 7.37. The minimum absolute atomic E-state index is 0.166. The maximum absolute atomic E-state index is 14.0. The Morgan fingerprint density at radius 1 is 1.25 bits per heavy atom. The lowest BCUT2D eigenvalue weighted by molar-refractivity contribution is -0.212. The van der Waals surface area contributed by atoms with Crippen LogP contribution in [0.3, 0.4) is 0 Å². The average Bonchev–Trinajstić information content (AvgIpc) is 3.18. The van der Waals surface area contributed by atoms with Gasteiger partial charge in [-0.15, -0.1) is 11.3 Å². The molecular formula is C18H18FN3OS. The van der Waals surface area contributed by atoms with E-state index in [1.54, 1.807) is 6.07 Å². The molecule has 1 aromatic carbocycles. The van der Waals surface area contributed by atoms with E-state index in [0.29, 0.717) is 16.5 Å². The number of thiophene rings is 1. The molecule has 0 amide bonds. The average molecular weight is 343 g/mol. The minimum atomic E-state index is -0.405. The Bertz CT molecular complexity index is 848. The number of amidine groups is 1. The number of hydroxylamine groups is 1. The Hall–Kier alpha value is -1.50. The summed E-state index contributed by atoms with van der Waals surface area (Å²) in [4.78, 5) is 14.7. The highest BCUT2D eigenvalue weighted by Gasteiger charge is 2.60. The molecule has 1 spiro atoms. The molecule has 4 nitrogen and oxygen atoms in total. The second-order valence-corrected chi connectivity index (χ2v) is 8.69. The van der Waals surface area contributed by atoms with Crippen molar-refractivity contribution in [2.24, 2.45) is 22.7 Å². The topological polar surface area (TPSA) is 36.9 Å². The lowest BCUT2D eigenvalue weighted by atomic mass is 9.63. The molecule has 5 heterocycles. The van der Waals surface area contributed by atoms with Crippen molar-refractivity contribution in [2.45, 2.75) is 18.6 Å². The van der Waals surface area contributed by atoms with Gasteiger partial charge in [0.15, 0.2) is 11.6 Å². The molecule has 0 radical (unpaired) electrons. The zero-order valence-corrected chi connectivity index (χ0v) is 14.0. The molecule has 7 rings (SSSR count). The van der Waals surface area contributed by atoms with Gasteiger partial charge in [0.25, 0.3) is 0 Å². The van der Waals surface area contributed by atoms with E-state index in [4.69, 9.17) is 9.83 Å². The first-order valence-electron chi connectivity index (χ1n) is 8.66. The molecule has 1 aromatic heterocycles. The summed E-state index contributed by atoms with van der Waals surface area (Å²) in [5.41, 5.74) is 2.69. The number of benzene rings is 1. The van der Waals surface area contributed by atoms with Crippen LogP contribution in [0.5, 0.6) is 0 Å². The van der Waals surface area contributed by atoms with Gasteiger partial charge in [-0.25, -0.2) is 19.7 Å². The molecule has 24 heavy (non-hydrogen) atoms. The van der Waals surface area contributed by atoms with Gasteiger partial charge in [0.1, 0.15) is 5.82 Å². The molecule has 2 aromatic rings. The van der Waals surface area contributed by atoms with Crippen LogP contribution in [0, 0.1) is 23.6 Å². The third-order valence-electron chi connectivity index (χ3n) is 6.21. The summed E-state index contributed by atoms with van der Waals surface area (Å²) in [6, 6.07) is 7.22. The van der Waals surface area contributed by atoms with Crippen molar-refractivity contribution in [3.63, 3.8) is 0 Å². The number of nitrogens with one attached hydrogen (secondary N) is 1. The van der Waals surface area contributed by atoms with Crippen LogP contribution in [0.1, 0.15) is 17.7 Å². The first-order chi connectivity index (χ1) is 11.7. The fourth-order valence-corrected chi connectivity index (χ4v) is 6.29. The van der Waals surface area contributed by atoms with E-state index in [9.17, 15) is 4.39 Å². The molecular weight excluding hydrogens is 325 g/mol. The number of fused-ring (bicyclic) bond motifs is 1. The summed E-state index contributed by atoms with van der Waals surface area (Å²) in [6.07, 6.45) is 2.43. The fourth-order valence-electron chi connectivity index (χ4n) is 5.29. The molecule has 2 unspecified atom stereocenters. The van der Waals surface area contributed by atoms with Crippen LogP contribution < -0.4 is 5.48 Å². The monoisotopic (exact) mass is 343 g/mol. The van der Waals surface area contributed by atoms with Crippen molar-refractivity contribution in [3.05, 3.63) is 35.0 Å². The number of rotatable bonds is 1. The van der Waals surface area contributed by atoms with Crippen LogP contribution in [0.25, 0.3) is 10.1 Å². The minimum Gasteiger partial charge on any atom is -0.302 e. The first kappa shape index (κ1) is 13.8. The van der Waals surface area contributed by atoms with Crippen LogP contribution in [0.15, 0.2) is 29.3 Å². The van der Waals surface area contributed by atoms with Crippen molar-refractivity contribution in [1.29, 1.82) is 0 Å². The van der Waals surface area contributed by atoms with E-state index < -0.39 is 5.72 Å². The predicted octanol–water partition coefficient (Wildman–Crippen LogP) is 2.99. The van der Waals surface area contributed by atoms with Gasteiger partial charge in [-0.3, -0.25) is 0 Å². The summed E-state index contributed by atoms with van der Waals surface area (Å²) in [5.74, 6) is 2.37. The van der Waals surface area contributed by atoms with E-state index in [1.807, 2.05) is 12.1 Å². The molecule has 1 aliphatic carbocycles. The smallest absolute Gasteiger partial charge is 0.195 e. The van der Waals surface area contributed by atoms with E-state index in [-0.39, 0.29) is 5.82 Å². The molecule has 2 atom stereocenters. The standard InChI is InChI=1S/C18H18FN3OS/c19-14-3-1-2-11-6-15(24-16(11)14)17-20-18(23-21-17)12-4-10-5-13(18)9-22(7-10)8-12/h1-3,6,10,12-13H,4-5,7-9H2,(H,20,21). The van der Waals surface area contributed by atoms with Crippen LogP contribution in [-0.4, -0.2) is 36.1 Å². The summed E-state index contributed by atoms with van der Waals surface area (Å²) in [6.45, 7) is 3.43. The summed E-state index contributed by atoms with van der Waals surface area (Å²) >= 11 is 1.45. The van der Waals surface area contributed by atoms with E-state index in [2.05, 4.69) is 10.4 Å². The van der Waals surface area contributed by atoms with Crippen LogP contribution >= 0.6 is 11.3 Å². The number of halogens is 1. The van der Waals surface area contributed by atoms with Gasteiger partial charge in [-0.2, -0.15) is 0 Å². The largest absolute Gasteiger partial charge is 0.302 e. The summed E-state index contributed by atoms with van der Waals surface area (Å²) in [5, 5.41) is 0.927. The molecule has 1 N–H and O–H groups in total. The predicted molar refractivity (Wildman–Crippen MR) is 91.4 cm³/mol. The Labute approximate surface area is 143 Å². The van der Waals surface area contributed by atoms with E-state index in [1.165, 1.54) is 36.8 Å². The van der Waals surface area contributed by atoms with Gasteiger partial charge in [-0.1, -0.05) is 12.1 Å². The van der Waals surface area contributed by atoms with Crippen LogP contribution in [-0.2, 0) is 4.84 Å². The number of aliphatic imine (C=N–C) groups is 1. The van der Waals surface area contributed by atoms with Gasteiger partial charge < -0.3 is 4.90 Å². The maximum atomic E-state index is 14.0. The molecule has 4 bridgehead atoms. The number of piperidine rings is 3. The quantitative estimate of drug-likeness (QED) is 0.865. The maximum Gasteiger partial charge on any atom is 0.195 e. The normalized spacial score (nSPS) is 39.6. The molecule has 4 fully saturated rings. The molecule has 5 aliphatic rings. The highest BCUT2D eigenvalue weighted by molar-refractivity contribution is 7.20. The number of hydrogen-bond donors (Lipinski definition) is 1. The zero-order chi connectivity index (χ0) is 15.9. The Morgan fingerprint density at radius 2 is 2.08 bits per heavy atom. The lowest BCUT2D eigenvalue weighted by Gasteiger charge is -2.58. The van der Waals surface area contributed by atoms with Gasteiger partial charge in [0.05, 0.1) is 9.58 Å². The first-order valence-corrected chi connectivity index (χ1v) is 9.47. The molecule has 4 aliphatic heterocycles. The SMILES string of the molecule is Fc1cccc2cc(C3=NC4(ON3)C3CC5CC4CN(C5)C3)sc12. The molecule has 124 valence electrons. The Kier molecular flexibility index (Phi) is 2.61. The van der Waals surface area contributed by atoms with E-state index >= 15 is 0 Å². The van der Waals surface area contributed by atoms with E-state index in [0.717, 1.165) is 35.1 Å². The van der Waals surface area contributed by atoms with Gasteiger partial charge in [0.2, 0.25) is 0 Å². The number of nitrogens with zero attached hydrogens (tertiary/aromatic N) is 2. The fraction of sp³-hybridized carbons (Fsp3) is 0.500. The zero-order valence-electron chi connectivity index (χ0n) is 13.2. The van der Waals surface area contributed by atoms with Crippen molar-refractivity contribution < 1.29 is 9.23 Å². The molecule has 3 saturated heterocycles. The van der Waals surface area contributed by atoms with Crippen molar-refractivity contribution in [1.82, 2.24) is 10.4 Å². The highest BCUT2D eigenvalue weighted by atomic mass is 32.1. The highest BCUT2D eigenvalue weighted by Crippen LogP contribution is 2.53. The van der Waals surface area contributed by atoms with Gasteiger partial charge in [-0.05, 0) is 36.3 Å². The molecule has 6 heteroatoms. The number of hydrogen-bond acceptors (Lipinski definition) is 5. The summed E-state index contributed by atoms with van der Waals surface area (Å²) in [7, 11) is 0. The van der Waals surface area contributed by atoms with Gasteiger partial charge >= 0.3 is 0 Å². The lowest BCUT2D eigenvalue weighted by Crippen LogP contribution is -2.66. The Balaban J connectivity index is 1.42. The van der Waals surface area contributed by atoms with Crippen molar-refractivity contribution in [3.8, 4) is 0 Å². The third kappa shape index (κ3) is 1.71. The van der Waals surface area contributed by atoms with Crippen LogP contribution in [0.4, 0.5) is 4.39 Å².